The predicted octanol–water partition coefficient (Wildman–Crippen LogP) is 0.805. The van der Waals surface area contributed by atoms with Gasteiger partial charge in [-0.15, -0.1) is 17.0 Å². The molecular weight excluding hydrogens is 212 g/mol. The Bertz CT molecular complexity index is 148. The van der Waals surface area contributed by atoms with Gasteiger partial charge in [-0.2, -0.15) is 0 Å². The highest BCUT2D eigenvalue weighted by Gasteiger charge is 2.05. The molecular formula is C6H13BrN2O2. The molecule has 0 rings (SSSR count). The van der Waals surface area contributed by atoms with Crippen molar-refractivity contribution in [2.24, 2.45) is 11.7 Å². The molecule has 0 saturated heterocycles. The number of nitrogens with two attached hydrogens (primary N) is 1. The Morgan fingerprint density at radius 1 is 1.45 bits per heavy atom. The second-order valence-corrected chi connectivity index (χ2v) is 2.51. The number of imide groups is 1. The van der Waals surface area contributed by atoms with Gasteiger partial charge < -0.3 is 5.73 Å². The number of nitrogens with one attached hydrogen (secondary N) is 1. The number of primary amides is 1. The van der Waals surface area contributed by atoms with Gasteiger partial charge in [-0.1, -0.05) is 13.8 Å². The van der Waals surface area contributed by atoms with E-state index in [4.69, 9.17) is 5.73 Å². The molecule has 66 valence electrons. The smallest absolute Gasteiger partial charge is 0.318 e. The maximum atomic E-state index is 10.7. The summed E-state index contributed by atoms with van der Waals surface area (Å²) in [4.78, 5) is 20.7. The van der Waals surface area contributed by atoms with E-state index in [1.54, 1.807) is 0 Å². The van der Waals surface area contributed by atoms with Crippen molar-refractivity contribution in [3.05, 3.63) is 0 Å². The standard InChI is InChI=1S/C6H12N2O2.BrH/c1-4(2)3-5(9)8-6(7)10;/h4H,3H2,1-2H3,(H3,7,8,9,10);1H. The quantitative estimate of drug-likeness (QED) is 0.729. The Balaban J connectivity index is 0. The minimum Gasteiger partial charge on any atom is -0.351 e. The molecule has 0 heterocycles. The van der Waals surface area contributed by atoms with Crippen molar-refractivity contribution in [1.29, 1.82) is 0 Å². The van der Waals surface area contributed by atoms with Gasteiger partial charge >= 0.3 is 6.03 Å². The van der Waals surface area contributed by atoms with E-state index in [9.17, 15) is 9.59 Å². The van der Waals surface area contributed by atoms with Crippen molar-refractivity contribution in [2.45, 2.75) is 20.3 Å². The number of urea groups is 1. The van der Waals surface area contributed by atoms with Crippen molar-refractivity contribution in [3.63, 3.8) is 0 Å². The summed E-state index contributed by atoms with van der Waals surface area (Å²) in [5, 5.41) is 1.97. The first-order valence-corrected chi connectivity index (χ1v) is 3.11. The first-order chi connectivity index (χ1) is 4.52. The summed E-state index contributed by atoms with van der Waals surface area (Å²) < 4.78 is 0. The fourth-order valence-corrected chi connectivity index (χ4v) is 0.559. The summed E-state index contributed by atoms with van der Waals surface area (Å²) >= 11 is 0. The third-order valence-corrected chi connectivity index (χ3v) is 0.856. The van der Waals surface area contributed by atoms with Crippen LogP contribution in [0.2, 0.25) is 0 Å². The van der Waals surface area contributed by atoms with E-state index in [-0.39, 0.29) is 28.8 Å². The lowest BCUT2D eigenvalue weighted by molar-refractivity contribution is -0.120. The molecule has 3 amide bonds. The molecule has 0 saturated carbocycles. The Labute approximate surface area is 76.3 Å². The van der Waals surface area contributed by atoms with Crippen molar-refractivity contribution in [2.75, 3.05) is 0 Å². The molecule has 3 N–H and O–H groups in total. The zero-order chi connectivity index (χ0) is 8.15. The molecule has 0 aliphatic heterocycles. The van der Waals surface area contributed by atoms with Gasteiger partial charge in [0, 0.05) is 6.42 Å². The summed E-state index contributed by atoms with van der Waals surface area (Å²) in [5.74, 6) is -0.0677. The van der Waals surface area contributed by atoms with Crippen LogP contribution in [0.1, 0.15) is 20.3 Å². The number of halogens is 1. The minimum absolute atomic E-state index is 0. The van der Waals surface area contributed by atoms with E-state index in [0.29, 0.717) is 6.42 Å². The van der Waals surface area contributed by atoms with Crippen LogP contribution in [-0.2, 0) is 4.79 Å². The topological polar surface area (TPSA) is 72.2 Å². The summed E-state index contributed by atoms with van der Waals surface area (Å²) in [6.07, 6.45) is 0.336. The number of hydrogen-bond donors (Lipinski definition) is 2. The maximum Gasteiger partial charge on any atom is 0.318 e. The highest BCUT2D eigenvalue weighted by molar-refractivity contribution is 8.93. The fraction of sp³-hybridized carbons (Fsp3) is 0.667. The molecule has 4 nitrogen and oxygen atoms in total. The van der Waals surface area contributed by atoms with E-state index in [2.05, 4.69) is 0 Å². The van der Waals surface area contributed by atoms with Crippen LogP contribution in [0.4, 0.5) is 4.79 Å². The molecule has 0 aromatic carbocycles. The van der Waals surface area contributed by atoms with Crippen LogP contribution in [0.15, 0.2) is 0 Å². The maximum absolute atomic E-state index is 10.7. The number of amides is 3. The molecule has 0 spiro atoms. The SMILES string of the molecule is Br.CC(C)CC(=O)NC(N)=O. The monoisotopic (exact) mass is 224 g/mol. The molecule has 0 unspecified atom stereocenters. The van der Waals surface area contributed by atoms with Gasteiger partial charge in [-0.05, 0) is 5.92 Å². The molecule has 0 radical (unpaired) electrons. The Morgan fingerprint density at radius 2 is 1.91 bits per heavy atom. The summed E-state index contributed by atoms with van der Waals surface area (Å²) in [7, 11) is 0. The van der Waals surface area contributed by atoms with Crippen LogP contribution in [0.3, 0.4) is 0 Å². The number of carbonyl (C=O) groups is 2. The summed E-state index contributed by atoms with van der Waals surface area (Å²) in [5.41, 5.74) is 4.70. The van der Waals surface area contributed by atoms with Crippen molar-refractivity contribution in [3.8, 4) is 0 Å². The van der Waals surface area contributed by atoms with Gasteiger partial charge in [0.25, 0.3) is 0 Å². The summed E-state index contributed by atoms with van der Waals surface area (Å²) in [6, 6.07) is -0.786. The normalized spacial score (nSPS) is 8.64. The second-order valence-electron chi connectivity index (χ2n) is 2.51. The van der Waals surface area contributed by atoms with Gasteiger partial charge in [-0.25, -0.2) is 4.79 Å². The van der Waals surface area contributed by atoms with Gasteiger partial charge in [0.1, 0.15) is 0 Å². The van der Waals surface area contributed by atoms with E-state index in [1.807, 2.05) is 19.2 Å². The Morgan fingerprint density at radius 3 is 2.18 bits per heavy atom. The fourth-order valence-electron chi connectivity index (χ4n) is 0.559. The van der Waals surface area contributed by atoms with Crippen molar-refractivity contribution >= 4 is 28.9 Å². The van der Waals surface area contributed by atoms with Crippen LogP contribution in [0, 0.1) is 5.92 Å². The summed E-state index contributed by atoms with van der Waals surface area (Å²) in [6.45, 7) is 3.78. The first kappa shape index (κ1) is 13.0. The molecule has 0 aromatic rings. The highest BCUT2D eigenvalue weighted by Crippen LogP contribution is 1.97. The largest absolute Gasteiger partial charge is 0.351 e. The molecule has 0 aliphatic carbocycles. The first-order valence-electron chi connectivity index (χ1n) is 3.11. The third-order valence-electron chi connectivity index (χ3n) is 0.856. The number of rotatable bonds is 2. The van der Waals surface area contributed by atoms with E-state index in [0.717, 1.165) is 0 Å². The Hall–Kier alpha value is -0.580. The molecule has 0 aliphatic rings. The zero-order valence-electron chi connectivity index (χ0n) is 6.59. The number of carbonyl (C=O) groups excluding carboxylic acids is 2. The Kier molecular flexibility index (Phi) is 7.29. The number of hydrogen-bond acceptors (Lipinski definition) is 2. The van der Waals surface area contributed by atoms with Gasteiger partial charge in [-0.3, -0.25) is 10.1 Å². The average Bonchev–Trinajstić information content (AvgIpc) is 1.58. The van der Waals surface area contributed by atoms with Crippen molar-refractivity contribution < 1.29 is 9.59 Å². The molecule has 11 heavy (non-hydrogen) atoms. The van der Waals surface area contributed by atoms with E-state index >= 15 is 0 Å². The lowest BCUT2D eigenvalue weighted by Crippen LogP contribution is -2.35. The van der Waals surface area contributed by atoms with E-state index in [1.165, 1.54) is 0 Å². The average molecular weight is 225 g/mol. The van der Waals surface area contributed by atoms with Crippen LogP contribution in [0.5, 0.6) is 0 Å². The van der Waals surface area contributed by atoms with E-state index < -0.39 is 6.03 Å². The van der Waals surface area contributed by atoms with Gasteiger partial charge in [0.15, 0.2) is 0 Å². The van der Waals surface area contributed by atoms with Crippen LogP contribution >= 0.6 is 17.0 Å². The van der Waals surface area contributed by atoms with Crippen LogP contribution < -0.4 is 11.1 Å². The molecule has 5 heteroatoms. The molecule has 0 bridgehead atoms. The molecule has 0 fully saturated rings. The van der Waals surface area contributed by atoms with Crippen molar-refractivity contribution in [1.82, 2.24) is 5.32 Å². The highest BCUT2D eigenvalue weighted by atomic mass is 79.9. The second kappa shape index (κ2) is 6.15. The minimum atomic E-state index is -0.786. The van der Waals surface area contributed by atoms with Crippen LogP contribution in [-0.4, -0.2) is 11.9 Å². The lowest BCUT2D eigenvalue weighted by Gasteiger charge is -2.01. The van der Waals surface area contributed by atoms with Gasteiger partial charge in [0.05, 0.1) is 0 Å². The third kappa shape index (κ3) is 9.42. The lowest BCUT2D eigenvalue weighted by atomic mass is 10.1. The van der Waals surface area contributed by atoms with Gasteiger partial charge in [0.2, 0.25) is 5.91 Å². The van der Waals surface area contributed by atoms with Crippen LogP contribution in [0.25, 0.3) is 0 Å². The molecule has 0 aromatic heterocycles. The zero-order valence-corrected chi connectivity index (χ0v) is 8.30. The molecule has 0 atom stereocenters. The predicted molar refractivity (Wildman–Crippen MR) is 47.5 cm³/mol.